The average Bonchev–Trinajstić information content (AvgIpc) is 2.75. The van der Waals surface area contributed by atoms with Gasteiger partial charge < -0.3 is 19.9 Å². The minimum Gasteiger partial charge on any atom is -0.482 e. The van der Waals surface area contributed by atoms with Gasteiger partial charge in [-0.1, -0.05) is 11.6 Å². The van der Waals surface area contributed by atoms with Crippen LogP contribution in [0.4, 0.5) is 5.69 Å². The summed E-state index contributed by atoms with van der Waals surface area (Å²) in [5, 5.41) is 12.8. The Morgan fingerprint density at radius 1 is 1.25 bits per heavy atom. The zero-order chi connectivity index (χ0) is 23.5. The third kappa shape index (κ3) is 5.62. The first-order chi connectivity index (χ1) is 15.1. The van der Waals surface area contributed by atoms with E-state index in [0.717, 1.165) is 0 Å². The zero-order valence-corrected chi connectivity index (χ0v) is 18.3. The highest BCUT2D eigenvalue weighted by Crippen LogP contribution is 2.28. The quantitative estimate of drug-likeness (QED) is 0.374. The van der Waals surface area contributed by atoms with Crippen molar-refractivity contribution in [3.05, 3.63) is 53.1 Å². The lowest BCUT2D eigenvalue weighted by Crippen LogP contribution is -2.48. The third-order valence-electron chi connectivity index (χ3n) is 4.42. The lowest BCUT2D eigenvalue weighted by molar-refractivity contribution is -0.147. The molecule has 12 heteroatoms. The number of ketones is 1. The summed E-state index contributed by atoms with van der Waals surface area (Å²) in [7, 11) is -4.18. The Bertz CT molecular complexity index is 1150. The first kappa shape index (κ1) is 23.7. The minimum absolute atomic E-state index is 0.134. The van der Waals surface area contributed by atoms with Crippen LogP contribution in [0.2, 0.25) is 5.02 Å². The van der Waals surface area contributed by atoms with Crippen LogP contribution in [0.5, 0.6) is 5.75 Å². The smallest absolute Gasteiger partial charge is 0.327 e. The highest BCUT2D eigenvalue weighted by Gasteiger charge is 2.31. The first-order valence-corrected chi connectivity index (χ1v) is 11.2. The summed E-state index contributed by atoms with van der Waals surface area (Å²) in [4.78, 5) is 36.0. The SMILES string of the molecule is C[C@@H](O)[C@@H](NS(=O)(=O)c1ccc(Cl)cc1)C(=O)OCC(=O)c1ccc2c(c1)NC(=O)CO2. The average molecular weight is 483 g/mol. The van der Waals surface area contributed by atoms with Gasteiger partial charge in [-0.15, -0.1) is 0 Å². The van der Waals surface area contributed by atoms with Gasteiger partial charge in [0.15, 0.2) is 19.0 Å². The number of anilines is 1. The molecule has 0 aliphatic carbocycles. The van der Waals surface area contributed by atoms with E-state index in [2.05, 4.69) is 10.0 Å². The molecule has 2 aromatic rings. The van der Waals surface area contributed by atoms with Crippen molar-refractivity contribution in [1.29, 1.82) is 0 Å². The number of halogens is 1. The molecule has 2 aromatic carbocycles. The van der Waals surface area contributed by atoms with Crippen LogP contribution in [-0.2, 0) is 24.3 Å². The van der Waals surface area contributed by atoms with Crippen LogP contribution in [0.1, 0.15) is 17.3 Å². The Balaban J connectivity index is 1.66. The van der Waals surface area contributed by atoms with Gasteiger partial charge in [0.1, 0.15) is 11.8 Å². The van der Waals surface area contributed by atoms with E-state index in [9.17, 15) is 27.9 Å². The fraction of sp³-hybridized carbons (Fsp3) is 0.250. The molecule has 1 aliphatic rings. The second-order valence-corrected chi connectivity index (χ2v) is 9.02. The zero-order valence-electron chi connectivity index (χ0n) is 16.7. The number of carbonyl (C=O) groups is 3. The van der Waals surface area contributed by atoms with E-state index >= 15 is 0 Å². The molecule has 1 amide bonds. The van der Waals surface area contributed by atoms with Crippen LogP contribution in [-0.4, -0.2) is 56.5 Å². The molecular formula is C20H19ClN2O8S. The number of fused-ring (bicyclic) bond motifs is 1. The van der Waals surface area contributed by atoms with Crippen LogP contribution in [0.25, 0.3) is 0 Å². The molecule has 0 unspecified atom stereocenters. The summed E-state index contributed by atoms with van der Waals surface area (Å²) >= 11 is 5.75. The Labute approximate surface area is 188 Å². The molecule has 0 spiro atoms. The van der Waals surface area contributed by atoms with Gasteiger partial charge in [-0.25, -0.2) is 8.42 Å². The molecular weight excluding hydrogens is 464 g/mol. The van der Waals surface area contributed by atoms with Gasteiger partial charge >= 0.3 is 5.97 Å². The van der Waals surface area contributed by atoms with Crippen LogP contribution in [0, 0.1) is 0 Å². The highest BCUT2D eigenvalue weighted by molar-refractivity contribution is 7.89. The van der Waals surface area contributed by atoms with Gasteiger partial charge in [-0.3, -0.25) is 14.4 Å². The van der Waals surface area contributed by atoms with E-state index in [0.29, 0.717) is 16.5 Å². The second-order valence-electron chi connectivity index (χ2n) is 6.87. The van der Waals surface area contributed by atoms with E-state index in [1.807, 2.05) is 0 Å². The maximum Gasteiger partial charge on any atom is 0.327 e. The van der Waals surface area contributed by atoms with Crippen molar-refractivity contribution in [3.63, 3.8) is 0 Å². The molecule has 3 rings (SSSR count). The fourth-order valence-corrected chi connectivity index (χ4v) is 4.14. The van der Waals surface area contributed by atoms with Gasteiger partial charge in [-0.2, -0.15) is 4.72 Å². The number of hydrogen-bond acceptors (Lipinski definition) is 8. The van der Waals surface area contributed by atoms with Crippen LogP contribution >= 0.6 is 11.6 Å². The van der Waals surface area contributed by atoms with Crippen molar-refractivity contribution in [3.8, 4) is 5.75 Å². The molecule has 0 radical (unpaired) electrons. The van der Waals surface area contributed by atoms with Crippen LogP contribution in [0.15, 0.2) is 47.4 Å². The largest absolute Gasteiger partial charge is 0.482 e. The van der Waals surface area contributed by atoms with E-state index < -0.39 is 40.5 Å². The topological polar surface area (TPSA) is 148 Å². The van der Waals surface area contributed by atoms with E-state index in [-0.39, 0.29) is 23.0 Å². The summed E-state index contributed by atoms with van der Waals surface area (Å²) in [6.45, 7) is 0.354. The molecule has 1 heterocycles. The first-order valence-electron chi connectivity index (χ1n) is 9.29. The normalized spacial score (nSPS) is 15.0. The van der Waals surface area contributed by atoms with Crippen LogP contribution in [0.3, 0.4) is 0 Å². The number of rotatable bonds is 8. The van der Waals surface area contributed by atoms with Gasteiger partial charge in [0.05, 0.1) is 16.7 Å². The number of esters is 1. The van der Waals surface area contributed by atoms with Crippen molar-refractivity contribution in [2.45, 2.75) is 24.0 Å². The van der Waals surface area contributed by atoms with Crippen molar-refractivity contribution in [2.24, 2.45) is 0 Å². The van der Waals surface area contributed by atoms with Crippen molar-refractivity contribution in [2.75, 3.05) is 18.5 Å². The highest BCUT2D eigenvalue weighted by atomic mass is 35.5. The number of sulfonamides is 1. The van der Waals surface area contributed by atoms with E-state index in [1.165, 1.54) is 49.4 Å². The number of aliphatic hydroxyl groups is 1. The number of nitrogens with one attached hydrogen (secondary N) is 2. The number of carbonyl (C=O) groups excluding carboxylic acids is 3. The maximum absolute atomic E-state index is 12.5. The number of benzene rings is 2. The van der Waals surface area contributed by atoms with E-state index in [1.54, 1.807) is 0 Å². The summed E-state index contributed by atoms with van der Waals surface area (Å²) < 4.78 is 37.2. The van der Waals surface area contributed by atoms with Crippen molar-refractivity contribution < 1.29 is 37.4 Å². The summed E-state index contributed by atoms with van der Waals surface area (Å²) in [6.07, 6.45) is -1.45. The van der Waals surface area contributed by atoms with E-state index in [4.69, 9.17) is 21.1 Å². The molecule has 0 saturated carbocycles. The number of ether oxygens (including phenoxy) is 2. The predicted octanol–water partition coefficient (Wildman–Crippen LogP) is 1.12. The Hall–Kier alpha value is -2.99. The maximum atomic E-state index is 12.5. The lowest BCUT2D eigenvalue weighted by Gasteiger charge is -2.20. The molecule has 0 bridgehead atoms. The summed E-state index contributed by atoms with van der Waals surface area (Å²) in [5.74, 6) is -1.73. The standard InChI is InChI=1S/C20H19ClN2O8S/c1-11(24)19(23-32(28,29)14-5-3-13(21)4-6-14)20(27)31-9-16(25)12-2-7-17-15(8-12)22-18(26)10-30-17/h2-8,11,19,23-24H,9-10H2,1H3,(H,22,26)/t11-,19-/m1/s1. The number of amides is 1. The molecule has 0 aromatic heterocycles. The fourth-order valence-electron chi connectivity index (χ4n) is 2.76. The van der Waals surface area contributed by atoms with Gasteiger partial charge in [0.2, 0.25) is 10.0 Å². The van der Waals surface area contributed by atoms with Gasteiger partial charge in [-0.05, 0) is 49.4 Å². The second kappa shape index (κ2) is 9.65. The van der Waals surface area contributed by atoms with Crippen LogP contribution < -0.4 is 14.8 Å². The minimum atomic E-state index is -4.18. The molecule has 3 N–H and O–H groups in total. The number of aliphatic hydroxyl groups excluding tert-OH is 1. The Morgan fingerprint density at radius 2 is 1.94 bits per heavy atom. The Morgan fingerprint density at radius 3 is 2.59 bits per heavy atom. The molecule has 32 heavy (non-hydrogen) atoms. The van der Waals surface area contributed by atoms with Crippen molar-refractivity contribution >= 4 is 45.0 Å². The summed E-state index contributed by atoms with van der Waals surface area (Å²) in [6, 6.07) is 7.82. The predicted molar refractivity (Wildman–Crippen MR) is 113 cm³/mol. The van der Waals surface area contributed by atoms with Gasteiger partial charge in [0.25, 0.3) is 5.91 Å². The third-order valence-corrected chi connectivity index (χ3v) is 6.13. The van der Waals surface area contributed by atoms with Gasteiger partial charge in [0, 0.05) is 10.6 Å². The monoisotopic (exact) mass is 482 g/mol. The number of hydrogen-bond donors (Lipinski definition) is 3. The molecule has 0 saturated heterocycles. The number of Topliss-reactive ketones (excluding diaryl/α,β-unsaturated/α-hetero) is 1. The molecule has 1 aliphatic heterocycles. The molecule has 2 atom stereocenters. The molecule has 10 nitrogen and oxygen atoms in total. The summed E-state index contributed by atoms with van der Waals surface area (Å²) in [5.41, 5.74) is 0.439. The lowest BCUT2D eigenvalue weighted by atomic mass is 10.1. The molecule has 170 valence electrons. The molecule has 0 fully saturated rings. The van der Waals surface area contributed by atoms with Crippen molar-refractivity contribution in [1.82, 2.24) is 4.72 Å². The Kier molecular flexibility index (Phi) is 7.14.